The summed E-state index contributed by atoms with van der Waals surface area (Å²) in [4.78, 5) is 4.89. The summed E-state index contributed by atoms with van der Waals surface area (Å²) in [6.45, 7) is 4.79. The maximum atomic E-state index is 7.04. The van der Waals surface area contributed by atoms with Gasteiger partial charge in [-0.3, -0.25) is 0 Å². The molecule has 0 atom stereocenters. The molecule has 0 saturated heterocycles. The number of aryl methyl sites for hydroxylation is 2. The Morgan fingerprint density at radius 3 is 1.61 bits per heavy atom. The standard InChI is InChI=1S/C59H46N2O/c1-59(2)51-33-25-43-17-9-11-19-49(43)57(51)61(48-31-23-42(24-32-48)40-15-7-4-8-16-40)53-34-27-45(37-52(53)59)46-28-35-54-56(38-46)62-58-50-20-12-10-18-44(50)26-36-55(58)60(54)47-29-21-41(22-30-47)39-13-5-3-6-14-39/h3-8,11-16,19-38H,9-10,17-18H2,1-2H3. The minimum Gasteiger partial charge on any atom is -0.452 e. The van der Waals surface area contributed by atoms with Gasteiger partial charge in [0.2, 0.25) is 0 Å². The molecule has 0 bridgehead atoms. The second kappa shape index (κ2) is 14.4. The molecule has 0 radical (unpaired) electrons. The van der Waals surface area contributed by atoms with Crippen molar-refractivity contribution in [3.8, 4) is 44.9 Å². The van der Waals surface area contributed by atoms with Gasteiger partial charge in [-0.25, -0.2) is 0 Å². The van der Waals surface area contributed by atoms with Crippen LogP contribution in [0.5, 0.6) is 11.5 Å². The van der Waals surface area contributed by atoms with Crippen LogP contribution in [-0.4, -0.2) is 0 Å². The van der Waals surface area contributed by atoms with Crippen LogP contribution >= 0.6 is 0 Å². The van der Waals surface area contributed by atoms with E-state index in [1.54, 1.807) is 0 Å². The monoisotopic (exact) mass is 798 g/mol. The van der Waals surface area contributed by atoms with Gasteiger partial charge in [0.15, 0.2) is 11.5 Å². The van der Waals surface area contributed by atoms with Gasteiger partial charge in [-0.1, -0.05) is 153 Å². The van der Waals surface area contributed by atoms with Crippen LogP contribution < -0.4 is 14.5 Å². The van der Waals surface area contributed by atoms with Crippen LogP contribution in [0.15, 0.2) is 182 Å². The summed E-state index contributed by atoms with van der Waals surface area (Å²) in [5.74, 6) is 1.78. The summed E-state index contributed by atoms with van der Waals surface area (Å²) in [6, 6.07) is 62.5. The number of allylic oxidation sites excluding steroid dienone is 2. The molecule has 298 valence electrons. The Labute approximate surface area is 364 Å². The van der Waals surface area contributed by atoms with Gasteiger partial charge in [0.05, 0.1) is 22.7 Å². The first-order chi connectivity index (χ1) is 30.5. The van der Waals surface area contributed by atoms with E-state index in [-0.39, 0.29) is 5.41 Å². The summed E-state index contributed by atoms with van der Waals surface area (Å²) in [6.07, 6.45) is 13.4. The van der Waals surface area contributed by atoms with E-state index in [1.165, 1.54) is 72.6 Å². The van der Waals surface area contributed by atoms with Crippen LogP contribution in [0.25, 0.3) is 45.5 Å². The number of hydrogen-bond donors (Lipinski definition) is 0. The summed E-state index contributed by atoms with van der Waals surface area (Å²) in [5, 5.41) is 0. The third kappa shape index (κ3) is 5.87. The Morgan fingerprint density at radius 2 is 0.952 bits per heavy atom. The first-order valence-corrected chi connectivity index (χ1v) is 22.0. The zero-order valence-electron chi connectivity index (χ0n) is 35.1. The van der Waals surface area contributed by atoms with Gasteiger partial charge in [-0.05, 0) is 136 Å². The summed E-state index contributed by atoms with van der Waals surface area (Å²) < 4.78 is 7.04. The molecule has 62 heavy (non-hydrogen) atoms. The molecular formula is C59H46N2O. The van der Waals surface area contributed by atoms with E-state index < -0.39 is 0 Å². The number of anilines is 6. The van der Waals surface area contributed by atoms with Gasteiger partial charge < -0.3 is 14.5 Å². The van der Waals surface area contributed by atoms with Crippen molar-refractivity contribution in [1.29, 1.82) is 0 Å². The van der Waals surface area contributed by atoms with Crippen molar-refractivity contribution in [3.63, 3.8) is 0 Å². The van der Waals surface area contributed by atoms with E-state index in [0.29, 0.717) is 0 Å². The molecule has 4 aliphatic rings. The number of ether oxygens (including phenoxy) is 1. The number of benzene rings is 8. The Kier molecular flexibility index (Phi) is 8.47. The van der Waals surface area contributed by atoms with Crippen LogP contribution in [0.2, 0.25) is 0 Å². The fourth-order valence-corrected chi connectivity index (χ4v) is 10.3. The summed E-state index contributed by atoms with van der Waals surface area (Å²) >= 11 is 0. The fourth-order valence-electron chi connectivity index (χ4n) is 10.3. The minimum atomic E-state index is -0.251. The lowest BCUT2D eigenvalue weighted by Gasteiger charge is -2.44. The first-order valence-electron chi connectivity index (χ1n) is 22.0. The molecule has 3 nitrogen and oxygen atoms in total. The molecule has 0 saturated carbocycles. The van der Waals surface area contributed by atoms with Gasteiger partial charge in [-0.15, -0.1) is 0 Å². The van der Waals surface area contributed by atoms with E-state index in [0.717, 1.165) is 65.5 Å². The predicted molar refractivity (Wildman–Crippen MR) is 259 cm³/mol. The van der Waals surface area contributed by atoms with Crippen LogP contribution in [-0.2, 0) is 18.3 Å². The molecule has 0 spiro atoms. The number of nitrogens with zero attached hydrogens (tertiary/aromatic N) is 2. The maximum absolute atomic E-state index is 7.04. The highest BCUT2D eigenvalue weighted by Crippen LogP contribution is 2.57. The smallest absolute Gasteiger partial charge is 0.159 e. The van der Waals surface area contributed by atoms with Crippen molar-refractivity contribution in [2.45, 2.75) is 44.9 Å². The molecule has 12 rings (SSSR count). The molecule has 8 aromatic rings. The molecule has 0 N–H and O–H groups in total. The van der Waals surface area contributed by atoms with E-state index in [1.807, 2.05) is 0 Å². The first kappa shape index (κ1) is 36.5. The van der Waals surface area contributed by atoms with E-state index in [4.69, 9.17) is 4.74 Å². The highest BCUT2D eigenvalue weighted by molar-refractivity contribution is 5.94. The topological polar surface area (TPSA) is 15.7 Å². The number of fused-ring (bicyclic) bond motifs is 8. The molecule has 2 aliphatic carbocycles. The Morgan fingerprint density at radius 1 is 0.435 bits per heavy atom. The van der Waals surface area contributed by atoms with Crippen molar-refractivity contribution in [1.82, 2.24) is 0 Å². The molecule has 0 unspecified atom stereocenters. The molecule has 0 fully saturated rings. The van der Waals surface area contributed by atoms with Crippen molar-refractivity contribution < 1.29 is 4.74 Å². The minimum absolute atomic E-state index is 0.251. The molecule has 2 heterocycles. The Balaban J connectivity index is 0.978. The number of hydrogen-bond acceptors (Lipinski definition) is 3. The normalized spacial score (nSPS) is 15.1. The lowest BCUT2D eigenvalue weighted by molar-refractivity contribution is 0.475. The van der Waals surface area contributed by atoms with Crippen LogP contribution in [0.3, 0.4) is 0 Å². The van der Waals surface area contributed by atoms with E-state index in [2.05, 4.69) is 218 Å². The van der Waals surface area contributed by atoms with Gasteiger partial charge in [0.25, 0.3) is 0 Å². The largest absolute Gasteiger partial charge is 0.452 e. The Bertz CT molecular complexity index is 3100. The quantitative estimate of drug-likeness (QED) is 0.172. The molecule has 0 amide bonds. The summed E-state index contributed by atoms with van der Waals surface area (Å²) in [5.41, 5.74) is 21.7. The number of rotatable bonds is 5. The van der Waals surface area contributed by atoms with Gasteiger partial charge >= 0.3 is 0 Å². The second-order valence-electron chi connectivity index (χ2n) is 17.5. The molecular weight excluding hydrogens is 753 g/mol. The van der Waals surface area contributed by atoms with Gasteiger partial charge in [-0.2, -0.15) is 0 Å². The fraction of sp³-hybridized carbons (Fsp3) is 0.119. The lowest BCUT2D eigenvalue weighted by Crippen LogP contribution is -2.31. The third-order valence-corrected chi connectivity index (χ3v) is 13.6. The van der Waals surface area contributed by atoms with E-state index >= 15 is 0 Å². The van der Waals surface area contributed by atoms with Gasteiger partial charge in [0, 0.05) is 27.9 Å². The average molecular weight is 799 g/mol. The van der Waals surface area contributed by atoms with Crippen molar-refractivity contribution in [2.24, 2.45) is 0 Å². The average Bonchev–Trinajstić information content (AvgIpc) is 3.34. The molecule has 0 aromatic heterocycles. The highest BCUT2D eigenvalue weighted by Gasteiger charge is 2.39. The zero-order valence-corrected chi connectivity index (χ0v) is 35.1. The Hall–Kier alpha value is -7.36. The van der Waals surface area contributed by atoms with Crippen molar-refractivity contribution in [3.05, 3.63) is 215 Å². The molecule has 8 aromatic carbocycles. The zero-order chi connectivity index (χ0) is 41.4. The SMILES string of the molecule is CC1(C)c2cc(-c3ccc4c(c3)Oc3c(ccc5c3C=CCC5)N4c3ccc(-c4ccccc4)cc3)ccc2N(c2ccc(-c3ccccc3)cc2)c2c1ccc1c2C=CCC1. The van der Waals surface area contributed by atoms with Crippen LogP contribution in [0, 0.1) is 0 Å². The van der Waals surface area contributed by atoms with Gasteiger partial charge in [0.1, 0.15) is 0 Å². The van der Waals surface area contributed by atoms with Crippen molar-refractivity contribution >= 4 is 46.3 Å². The molecule has 2 aliphatic heterocycles. The van der Waals surface area contributed by atoms with Crippen molar-refractivity contribution in [2.75, 3.05) is 9.80 Å². The lowest BCUT2D eigenvalue weighted by atomic mass is 9.71. The predicted octanol–water partition coefficient (Wildman–Crippen LogP) is 16.3. The third-order valence-electron chi connectivity index (χ3n) is 13.6. The summed E-state index contributed by atoms with van der Waals surface area (Å²) in [7, 11) is 0. The highest BCUT2D eigenvalue weighted by atomic mass is 16.5. The van der Waals surface area contributed by atoms with Crippen LogP contribution in [0.1, 0.15) is 60.1 Å². The van der Waals surface area contributed by atoms with Crippen LogP contribution in [0.4, 0.5) is 34.1 Å². The second-order valence-corrected chi connectivity index (χ2v) is 17.5. The molecule has 3 heteroatoms. The maximum Gasteiger partial charge on any atom is 0.159 e. The van der Waals surface area contributed by atoms with E-state index in [9.17, 15) is 0 Å².